The van der Waals surface area contributed by atoms with Gasteiger partial charge < -0.3 is 14.2 Å². The zero-order valence-corrected chi connectivity index (χ0v) is 22.6. The van der Waals surface area contributed by atoms with E-state index >= 15 is 0 Å². The Bertz CT molecular complexity index is 1220. The van der Waals surface area contributed by atoms with Crippen molar-refractivity contribution < 1.29 is 19.0 Å². The summed E-state index contributed by atoms with van der Waals surface area (Å²) in [4.78, 5) is 19.7. The number of carbonyl (C=O) groups excluding carboxylic acids is 1. The molecule has 0 aliphatic carbocycles. The van der Waals surface area contributed by atoms with Crippen molar-refractivity contribution in [3.63, 3.8) is 0 Å². The van der Waals surface area contributed by atoms with Gasteiger partial charge in [0.1, 0.15) is 17.5 Å². The van der Waals surface area contributed by atoms with Crippen LogP contribution in [-0.2, 0) is 41.0 Å². The summed E-state index contributed by atoms with van der Waals surface area (Å²) in [6.45, 7) is 10.4. The van der Waals surface area contributed by atoms with E-state index in [-0.39, 0.29) is 18.7 Å². The van der Waals surface area contributed by atoms with Gasteiger partial charge in [-0.25, -0.2) is 0 Å². The van der Waals surface area contributed by atoms with E-state index < -0.39 is 11.5 Å². The molecule has 0 bridgehead atoms. The largest absolute Gasteiger partial charge is 0.487 e. The molecule has 0 saturated carbocycles. The van der Waals surface area contributed by atoms with E-state index in [0.29, 0.717) is 12.2 Å². The van der Waals surface area contributed by atoms with Crippen LogP contribution < -0.4 is 4.74 Å². The highest BCUT2D eigenvalue weighted by Gasteiger charge is 2.40. The van der Waals surface area contributed by atoms with Gasteiger partial charge in [-0.05, 0) is 56.0 Å². The Balaban J connectivity index is 1.62. The summed E-state index contributed by atoms with van der Waals surface area (Å²) in [6.07, 6.45) is 4.08. The van der Waals surface area contributed by atoms with Crippen LogP contribution in [0.1, 0.15) is 61.4 Å². The van der Waals surface area contributed by atoms with Gasteiger partial charge >= 0.3 is 5.97 Å². The fraction of sp³-hybridized carbons (Fsp3) is 0.500. The number of rotatable bonds is 9. The SMILES string of the molecule is CC[C@@H]1CN(Cc2cc([C@H](OCc3cn(C)nn3)C(C)(C)C(=O)OC)ccc2C)Cc2ncccc2O1. The molecule has 9 nitrogen and oxygen atoms in total. The maximum Gasteiger partial charge on any atom is 0.314 e. The molecule has 37 heavy (non-hydrogen) atoms. The minimum Gasteiger partial charge on any atom is -0.487 e. The van der Waals surface area contributed by atoms with Gasteiger partial charge in [0.25, 0.3) is 0 Å². The number of aryl methyl sites for hydroxylation is 2. The van der Waals surface area contributed by atoms with Crippen molar-refractivity contribution in [3.05, 3.63) is 70.8 Å². The number of ether oxygens (including phenoxy) is 3. The molecule has 1 aliphatic heterocycles. The van der Waals surface area contributed by atoms with Crippen molar-refractivity contribution in [1.29, 1.82) is 0 Å². The van der Waals surface area contributed by atoms with E-state index in [0.717, 1.165) is 36.5 Å². The zero-order valence-electron chi connectivity index (χ0n) is 22.6. The molecule has 1 aliphatic rings. The quantitative estimate of drug-likeness (QED) is 0.399. The zero-order chi connectivity index (χ0) is 26.6. The van der Waals surface area contributed by atoms with Crippen LogP contribution in [0.25, 0.3) is 0 Å². The van der Waals surface area contributed by atoms with Crippen LogP contribution in [-0.4, -0.2) is 50.6 Å². The molecule has 2 atom stereocenters. The van der Waals surface area contributed by atoms with Crippen molar-refractivity contribution in [2.24, 2.45) is 12.5 Å². The predicted octanol–water partition coefficient (Wildman–Crippen LogP) is 4.15. The average Bonchev–Trinajstić information content (AvgIpc) is 3.21. The lowest BCUT2D eigenvalue weighted by atomic mass is 9.81. The number of benzene rings is 1. The van der Waals surface area contributed by atoms with E-state index in [9.17, 15) is 4.79 Å². The van der Waals surface area contributed by atoms with Crippen LogP contribution in [0.4, 0.5) is 0 Å². The highest BCUT2D eigenvalue weighted by Crippen LogP contribution is 2.39. The van der Waals surface area contributed by atoms with E-state index in [2.05, 4.69) is 46.2 Å². The second-order valence-electron chi connectivity index (χ2n) is 10.2. The molecule has 3 aromatic rings. The minimum absolute atomic E-state index is 0.0928. The Morgan fingerprint density at radius 1 is 1.30 bits per heavy atom. The van der Waals surface area contributed by atoms with E-state index in [1.807, 2.05) is 45.3 Å². The van der Waals surface area contributed by atoms with E-state index in [4.69, 9.17) is 14.2 Å². The van der Waals surface area contributed by atoms with Gasteiger partial charge in [0.15, 0.2) is 0 Å². The minimum atomic E-state index is -0.921. The van der Waals surface area contributed by atoms with Gasteiger partial charge in [0.05, 0.1) is 37.1 Å². The Labute approximate surface area is 218 Å². The molecular weight excluding hydrogens is 470 g/mol. The summed E-state index contributed by atoms with van der Waals surface area (Å²) in [5.74, 6) is 0.525. The first-order chi connectivity index (χ1) is 17.7. The van der Waals surface area contributed by atoms with Gasteiger partial charge in [-0.15, -0.1) is 5.10 Å². The number of hydrogen-bond donors (Lipinski definition) is 0. The fourth-order valence-corrected chi connectivity index (χ4v) is 4.75. The summed E-state index contributed by atoms with van der Waals surface area (Å²) in [6, 6.07) is 10.2. The lowest BCUT2D eigenvalue weighted by Crippen LogP contribution is -2.34. The average molecular weight is 508 g/mol. The highest BCUT2D eigenvalue weighted by atomic mass is 16.5. The van der Waals surface area contributed by atoms with Gasteiger partial charge in [-0.2, -0.15) is 0 Å². The number of hydrogen-bond acceptors (Lipinski definition) is 8. The molecular formula is C28H37N5O4. The van der Waals surface area contributed by atoms with Crippen LogP contribution in [0.5, 0.6) is 5.75 Å². The number of nitrogens with zero attached hydrogens (tertiary/aromatic N) is 5. The van der Waals surface area contributed by atoms with Gasteiger partial charge in [0, 0.05) is 32.9 Å². The highest BCUT2D eigenvalue weighted by molar-refractivity contribution is 5.77. The van der Waals surface area contributed by atoms with E-state index in [1.54, 1.807) is 10.9 Å². The van der Waals surface area contributed by atoms with Crippen molar-refractivity contribution in [2.75, 3.05) is 13.7 Å². The number of fused-ring (bicyclic) bond motifs is 1. The topological polar surface area (TPSA) is 91.6 Å². The van der Waals surface area contributed by atoms with Crippen molar-refractivity contribution in [2.45, 2.75) is 66.0 Å². The molecule has 0 amide bonds. The molecule has 4 rings (SSSR count). The van der Waals surface area contributed by atoms with Crippen LogP contribution in [0.2, 0.25) is 0 Å². The third-order valence-corrected chi connectivity index (χ3v) is 6.92. The Morgan fingerprint density at radius 2 is 2.11 bits per heavy atom. The Kier molecular flexibility index (Phi) is 8.24. The first-order valence-corrected chi connectivity index (χ1v) is 12.7. The normalized spacial score (nSPS) is 17.0. The number of carbonyl (C=O) groups is 1. The molecule has 198 valence electrons. The summed E-state index contributed by atoms with van der Waals surface area (Å²) in [5, 5.41) is 8.11. The number of methoxy groups -OCH3 is 1. The second-order valence-corrected chi connectivity index (χ2v) is 10.2. The molecule has 9 heteroatoms. The number of pyridine rings is 1. The predicted molar refractivity (Wildman–Crippen MR) is 139 cm³/mol. The maximum absolute atomic E-state index is 12.8. The third-order valence-electron chi connectivity index (χ3n) is 6.92. The molecule has 0 unspecified atom stereocenters. The Hall–Kier alpha value is -3.30. The second kappa shape index (κ2) is 11.4. The molecule has 3 heterocycles. The van der Waals surface area contributed by atoms with Crippen LogP contribution in [0.3, 0.4) is 0 Å². The molecule has 0 spiro atoms. The maximum atomic E-state index is 12.8. The smallest absolute Gasteiger partial charge is 0.314 e. The van der Waals surface area contributed by atoms with Gasteiger partial charge in [0.2, 0.25) is 0 Å². The third kappa shape index (κ3) is 6.17. The standard InChI is InChI=1S/C28H37N5O4/c1-7-23-16-33(17-24-25(37-23)9-8-12-29-24)14-21-13-20(11-10-19(21)2)26(28(3,4)27(34)35-6)36-18-22-15-32(5)31-30-22/h8-13,15,23,26H,7,14,16-18H2,1-6H3/t23-,26+/m1/s1. The van der Waals surface area contributed by atoms with Crippen molar-refractivity contribution >= 4 is 5.97 Å². The molecule has 2 aromatic heterocycles. The van der Waals surface area contributed by atoms with E-state index in [1.165, 1.54) is 18.2 Å². The molecule has 0 fully saturated rings. The summed E-state index contributed by atoms with van der Waals surface area (Å²) < 4.78 is 19.3. The number of aromatic nitrogens is 4. The lowest BCUT2D eigenvalue weighted by Gasteiger charge is -2.32. The van der Waals surface area contributed by atoms with Crippen LogP contribution >= 0.6 is 0 Å². The summed E-state index contributed by atoms with van der Waals surface area (Å²) in [5.41, 5.74) is 3.98. The van der Waals surface area contributed by atoms with Crippen molar-refractivity contribution in [1.82, 2.24) is 24.9 Å². The van der Waals surface area contributed by atoms with Crippen LogP contribution in [0.15, 0.2) is 42.7 Å². The summed E-state index contributed by atoms with van der Waals surface area (Å²) in [7, 11) is 3.21. The molecule has 0 saturated heterocycles. The summed E-state index contributed by atoms with van der Waals surface area (Å²) >= 11 is 0. The van der Waals surface area contributed by atoms with Crippen molar-refractivity contribution in [3.8, 4) is 5.75 Å². The molecule has 0 radical (unpaired) electrons. The van der Waals surface area contributed by atoms with Gasteiger partial charge in [-0.3, -0.25) is 19.4 Å². The monoisotopic (exact) mass is 507 g/mol. The molecule has 0 N–H and O–H groups in total. The Morgan fingerprint density at radius 3 is 2.81 bits per heavy atom. The van der Waals surface area contributed by atoms with Crippen LogP contribution in [0, 0.1) is 12.3 Å². The number of esters is 1. The fourth-order valence-electron chi connectivity index (χ4n) is 4.75. The van der Waals surface area contributed by atoms with Gasteiger partial charge in [-0.1, -0.05) is 30.3 Å². The first-order valence-electron chi connectivity index (χ1n) is 12.7. The lowest BCUT2D eigenvalue weighted by molar-refractivity contribution is -0.162. The first kappa shape index (κ1) is 26.8. The molecule has 1 aromatic carbocycles.